The van der Waals surface area contributed by atoms with Crippen LogP contribution in [0, 0.1) is 0 Å². The largest absolute Gasteiger partial charge is 0.478 e. The molecule has 1 N–H and O–H groups in total. The van der Waals surface area contributed by atoms with Crippen molar-refractivity contribution in [2.75, 3.05) is 0 Å². The minimum absolute atomic E-state index is 0.100. The van der Waals surface area contributed by atoms with E-state index in [2.05, 4.69) is 10.2 Å². The molecule has 0 aliphatic rings. The van der Waals surface area contributed by atoms with Crippen molar-refractivity contribution < 1.29 is 9.90 Å². The minimum Gasteiger partial charge on any atom is -0.478 e. The van der Waals surface area contributed by atoms with E-state index in [-0.39, 0.29) is 10.7 Å². The molecule has 86 valence electrons. The van der Waals surface area contributed by atoms with Crippen LogP contribution in [-0.2, 0) is 0 Å². The van der Waals surface area contributed by atoms with Crippen molar-refractivity contribution in [2.24, 2.45) is 0 Å². The smallest absolute Gasteiger partial charge is 0.338 e. The summed E-state index contributed by atoms with van der Waals surface area (Å²) in [4.78, 5) is 10.9. The van der Waals surface area contributed by atoms with Gasteiger partial charge in [0.2, 0.25) is 0 Å². The number of benzene rings is 1. The third-order valence-electron chi connectivity index (χ3n) is 2.13. The second kappa shape index (κ2) is 4.69. The lowest BCUT2D eigenvalue weighted by molar-refractivity contribution is 0.0696. The molecule has 17 heavy (non-hydrogen) atoms. The Hall–Kier alpha value is -1.65. The van der Waals surface area contributed by atoms with Gasteiger partial charge in [-0.2, -0.15) is 0 Å². The van der Waals surface area contributed by atoms with Crippen molar-refractivity contribution in [1.29, 1.82) is 0 Å². The van der Waals surface area contributed by atoms with Gasteiger partial charge >= 0.3 is 5.97 Å². The van der Waals surface area contributed by atoms with E-state index in [1.807, 2.05) is 0 Å². The maximum absolute atomic E-state index is 10.9. The maximum atomic E-state index is 10.9. The predicted molar refractivity (Wildman–Crippen MR) is 64.4 cm³/mol. The molecule has 0 amide bonds. The van der Waals surface area contributed by atoms with Gasteiger partial charge in [-0.05, 0) is 12.1 Å². The fourth-order valence-electron chi connectivity index (χ4n) is 1.33. The van der Waals surface area contributed by atoms with Crippen LogP contribution < -0.4 is 0 Å². The number of halogens is 2. The molecule has 0 radical (unpaired) electrons. The molecule has 6 heteroatoms. The quantitative estimate of drug-likeness (QED) is 0.909. The Balaban J connectivity index is 2.58. The molecular weight excluding hydrogens is 263 g/mol. The molecule has 0 fully saturated rings. The summed E-state index contributed by atoms with van der Waals surface area (Å²) in [5, 5.41) is 16.7. The molecule has 2 aromatic rings. The van der Waals surface area contributed by atoms with Crippen LogP contribution in [0.2, 0.25) is 10.2 Å². The molecule has 0 saturated carbocycles. The number of hydrogen-bond acceptors (Lipinski definition) is 3. The van der Waals surface area contributed by atoms with E-state index in [0.29, 0.717) is 16.3 Å². The predicted octanol–water partition coefficient (Wildman–Crippen LogP) is 3.15. The van der Waals surface area contributed by atoms with E-state index in [1.165, 1.54) is 6.07 Å². The molecule has 0 spiro atoms. The lowest BCUT2D eigenvalue weighted by atomic mass is 10.1. The van der Waals surface area contributed by atoms with Gasteiger partial charge in [-0.25, -0.2) is 4.79 Å². The number of rotatable bonds is 2. The van der Waals surface area contributed by atoms with Crippen LogP contribution in [0.1, 0.15) is 10.4 Å². The van der Waals surface area contributed by atoms with Crippen molar-refractivity contribution in [3.8, 4) is 11.3 Å². The molecule has 0 unspecified atom stereocenters. The first kappa shape index (κ1) is 11.8. The Morgan fingerprint density at radius 3 is 2.53 bits per heavy atom. The monoisotopic (exact) mass is 268 g/mol. The van der Waals surface area contributed by atoms with Gasteiger partial charge in [0.1, 0.15) is 5.56 Å². The highest BCUT2D eigenvalue weighted by Gasteiger charge is 2.14. The zero-order chi connectivity index (χ0) is 12.4. The van der Waals surface area contributed by atoms with Gasteiger partial charge in [0, 0.05) is 5.56 Å². The molecule has 2 rings (SSSR count). The molecule has 1 aromatic heterocycles. The van der Waals surface area contributed by atoms with E-state index in [1.54, 1.807) is 24.3 Å². The number of aromatic nitrogens is 2. The zero-order valence-corrected chi connectivity index (χ0v) is 9.90. The van der Waals surface area contributed by atoms with Crippen molar-refractivity contribution in [2.45, 2.75) is 0 Å². The van der Waals surface area contributed by atoms with E-state index in [9.17, 15) is 4.79 Å². The summed E-state index contributed by atoms with van der Waals surface area (Å²) >= 11 is 11.6. The Morgan fingerprint density at radius 2 is 1.88 bits per heavy atom. The number of hydrogen-bond donors (Lipinski definition) is 1. The summed E-state index contributed by atoms with van der Waals surface area (Å²) in [5.41, 5.74) is 0.884. The van der Waals surface area contributed by atoms with Crippen molar-refractivity contribution >= 4 is 29.2 Å². The summed E-state index contributed by atoms with van der Waals surface area (Å²) in [7, 11) is 0. The SMILES string of the molecule is O=C(O)c1cc(-c2ccccc2Cl)nnc1Cl. The van der Waals surface area contributed by atoms with Crippen LogP contribution in [0.25, 0.3) is 11.3 Å². The molecule has 0 atom stereocenters. The highest BCUT2D eigenvalue weighted by Crippen LogP contribution is 2.27. The van der Waals surface area contributed by atoms with Gasteiger partial charge in [0.25, 0.3) is 0 Å². The lowest BCUT2D eigenvalue weighted by Crippen LogP contribution is -2.02. The number of carboxylic acids is 1. The van der Waals surface area contributed by atoms with Crippen molar-refractivity contribution in [1.82, 2.24) is 10.2 Å². The minimum atomic E-state index is -1.15. The van der Waals surface area contributed by atoms with Crippen LogP contribution in [0.4, 0.5) is 0 Å². The summed E-state index contributed by atoms with van der Waals surface area (Å²) < 4.78 is 0. The number of carboxylic acid groups (broad SMARTS) is 1. The molecule has 0 aliphatic heterocycles. The first-order chi connectivity index (χ1) is 8.09. The Bertz CT molecular complexity index is 587. The molecule has 4 nitrogen and oxygen atoms in total. The lowest BCUT2D eigenvalue weighted by Gasteiger charge is -2.04. The topological polar surface area (TPSA) is 63.1 Å². The zero-order valence-electron chi connectivity index (χ0n) is 8.39. The second-order valence-corrected chi connectivity index (χ2v) is 3.98. The van der Waals surface area contributed by atoms with E-state index < -0.39 is 5.97 Å². The fourth-order valence-corrected chi connectivity index (χ4v) is 1.73. The Morgan fingerprint density at radius 1 is 1.18 bits per heavy atom. The van der Waals surface area contributed by atoms with Crippen LogP contribution in [0.15, 0.2) is 30.3 Å². The molecule has 1 aromatic carbocycles. The third kappa shape index (κ3) is 2.38. The standard InChI is InChI=1S/C11H6Cl2N2O2/c12-8-4-2-1-3-6(8)9-5-7(11(16)17)10(13)15-14-9/h1-5H,(H,16,17). The molecule has 0 saturated heterocycles. The summed E-state index contributed by atoms with van der Waals surface area (Å²) in [5.74, 6) is -1.15. The Labute approximate surface area is 107 Å². The van der Waals surface area contributed by atoms with Crippen molar-refractivity contribution in [3.05, 3.63) is 46.1 Å². The van der Waals surface area contributed by atoms with Crippen LogP contribution in [-0.4, -0.2) is 21.3 Å². The normalized spacial score (nSPS) is 10.2. The van der Waals surface area contributed by atoms with Gasteiger partial charge in [0.05, 0.1) is 10.7 Å². The summed E-state index contributed by atoms with van der Waals surface area (Å²) in [6, 6.07) is 8.31. The molecular formula is C11H6Cl2N2O2. The number of aromatic carboxylic acids is 1. The van der Waals surface area contributed by atoms with E-state index in [4.69, 9.17) is 28.3 Å². The highest BCUT2D eigenvalue weighted by molar-refractivity contribution is 6.33. The van der Waals surface area contributed by atoms with Gasteiger partial charge in [-0.15, -0.1) is 10.2 Å². The van der Waals surface area contributed by atoms with Gasteiger partial charge < -0.3 is 5.11 Å². The first-order valence-electron chi connectivity index (χ1n) is 4.61. The second-order valence-electron chi connectivity index (χ2n) is 3.22. The van der Waals surface area contributed by atoms with Crippen LogP contribution in [0.3, 0.4) is 0 Å². The van der Waals surface area contributed by atoms with Crippen LogP contribution in [0.5, 0.6) is 0 Å². The van der Waals surface area contributed by atoms with Crippen molar-refractivity contribution in [3.63, 3.8) is 0 Å². The van der Waals surface area contributed by atoms with Gasteiger partial charge in [-0.3, -0.25) is 0 Å². The van der Waals surface area contributed by atoms with Crippen LogP contribution >= 0.6 is 23.2 Å². The highest BCUT2D eigenvalue weighted by atomic mass is 35.5. The summed E-state index contributed by atoms with van der Waals surface area (Å²) in [6.07, 6.45) is 0. The van der Waals surface area contributed by atoms with Gasteiger partial charge in [-0.1, -0.05) is 41.4 Å². The number of carbonyl (C=O) groups is 1. The fraction of sp³-hybridized carbons (Fsp3) is 0. The third-order valence-corrected chi connectivity index (χ3v) is 2.74. The van der Waals surface area contributed by atoms with Gasteiger partial charge in [0.15, 0.2) is 5.15 Å². The first-order valence-corrected chi connectivity index (χ1v) is 5.36. The van der Waals surface area contributed by atoms with E-state index in [0.717, 1.165) is 0 Å². The summed E-state index contributed by atoms with van der Waals surface area (Å²) in [6.45, 7) is 0. The Kier molecular flexibility index (Phi) is 3.26. The average molecular weight is 269 g/mol. The molecule has 1 heterocycles. The average Bonchev–Trinajstić information content (AvgIpc) is 2.30. The molecule has 0 bridgehead atoms. The maximum Gasteiger partial charge on any atom is 0.338 e. The molecule has 0 aliphatic carbocycles. The number of nitrogens with zero attached hydrogens (tertiary/aromatic N) is 2. The van der Waals surface area contributed by atoms with E-state index >= 15 is 0 Å².